The Balaban J connectivity index is 1.46. The molecule has 0 aliphatic carbocycles. The van der Waals surface area contributed by atoms with Crippen molar-refractivity contribution in [3.8, 4) is 22.6 Å². The first-order valence-electron chi connectivity index (χ1n) is 12.1. The minimum absolute atomic E-state index is 0.234. The standard InChI is InChI=1S/C25H30N8O/c1-17-16-34-12-11-32(17)25-21-13-18(23-7-10-27-31(23)2)3-4-22(21)29-24(30-25)19-14-28-33(15-19)20-5-8-26-9-6-20/h3-4,7,10,13-15,17,20,26H,5-6,8-9,11-12,16H2,1-2H3/t17-/m1/s1. The number of piperidine rings is 1. The highest BCUT2D eigenvalue weighted by Gasteiger charge is 2.25. The number of rotatable bonds is 4. The van der Waals surface area contributed by atoms with E-state index in [2.05, 4.69) is 56.4 Å². The van der Waals surface area contributed by atoms with Gasteiger partial charge in [0.15, 0.2) is 5.82 Å². The first-order valence-corrected chi connectivity index (χ1v) is 12.1. The second-order valence-corrected chi connectivity index (χ2v) is 9.25. The molecule has 2 aliphatic rings. The topological polar surface area (TPSA) is 85.9 Å². The number of nitrogens with zero attached hydrogens (tertiary/aromatic N) is 7. The minimum Gasteiger partial charge on any atom is -0.377 e. The van der Waals surface area contributed by atoms with Gasteiger partial charge in [-0.2, -0.15) is 10.2 Å². The van der Waals surface area contributed by atoms with Crippen LogP contribution in [-0.4, -0.2) is 68.4 Å². The molecule has 0 spiro atoms. The van der Waals surface area contributed by atoms with Crippen molar-refractivity contribution >= 4 is 16.7 Å². The lowest BCUT2D eigenvalue weighted by atomic mass is 10.1. The fraction of sp³-hybridized carbons (Fsp3) is 0.440. The Morgan fingerprint density at radius 1 is 1.06 bits per heavy atom. The molecule has 5 heterocycles. The Morgan fingerprint density at radius 3 is 2.74 bits per heavy atom. The van der Waals surface area contributed by atoms with E-state index >= 15 is 0 Å². The summed E-state index contributed by atoms with van der Waals surface area (Å²) in [6, 6.07) is 9.08. The molecule has 1 aromatic carbocycles. The third-order valence-electron chi connectivity index (χ3n) is 6.97. The van der Waals surface area contributed by atoms with Crippen LogP contribution < -0.4 is 10.2 Å². The number of morpholine rings is 1. The molecule has 0 amide bonds. The smallest absolute Gasteiger partial charge is 0.165 e. The molecule has 9 heteroatoms. The van der Waals surface area contributed by atoms with Crippen LogP contribution in [0.3, 0.4) is 0 Å². The zero-order valence-corrected chi connectivity index (χ0v) is 19.7. The quantitative estimate of drug-likeness (QED) is 0.503. The summed E-state index contributed by atoms with van der Waals surface area (Å²) in [5.41, 5.74) is 4.05. The van der Waals surface area contributed by atoms with Crippen LogP contribution in [0.15, 0.2) is 42.9 Å². The van der Waals surface area contributed by atoms with Crippen LogP contribution in [0.1, 0.15) is 25.8 Å². The van der Waals surface area contributed by atoms with Crippen molar-refractivity contribution in [3.63, 3.8) is 0 Å². The fourth-order valence-corrected chi connectivity index (χ4v) is 5.04. The van der Waals surface area contributed by atoms with Crippen molar-refractivity contribution in [2.75, 3.05) is 37.7 Å². The van der Waals surface area contributed by atoms with Crippen molar-refractivity contribution in [1.29, 1.82) is 0 Å². The second kappa shape index (κ2) is 8.81. The van der Waals surface area contributed by atoms with E-state index in [0.29, 0.717) is 19.3 Å². The third-order valence-corrected chi connectivity index (χ3v) is 6.97. The van der Waals surface area contributed by atoms with Gasteiger partial charge in [-0.25, -0.2) is 9.97 Å². The van der Waals surface area contributed by atoms with Crippen molar-refractivity contribution in [1.82, 2.24) is 34.8 Å². The lowest BCUT2D eigenvalue weighted by Crippen LogP contribution is -2.44. The van der Waals surface area contributed by atoms with Crippen LogP contribution >= 0.6 is 0 Å². The summed E-state index contributed by atoms with van der Waals surface area (Å²) in [6.07, 6.45) is 8.01. The summed E-state index contributed by atoms with van der Waals surface area (Å²) in [5, 5.41) is 13.5. The molecule has 6 rings (SSSR count). The summed E-state index contributed by atoms with van der Waals surface area (Å²) < 4.78 is 9.70. The summed E-state index contributed by atoms with van der Waals surface area (Å²) in [6.45, 7) is 6.44. The summed E-state index contributed by atoms with van der Waals surface area (Å²) in [4.78, 5) is 12.4. The molecule has 2 aliphatic heterocycles. The number of benzene rings is 1. The Labute approximate surface area is 198 Å². The van der Waals surface area contributed by atoms with E-state index in [1.807, 2.05) is 30.2 Å². The normalized spacial score (nSPS) is 19.7. The molecule has 176 valence electrons. The van der Waals surface area contributed by atoms with Crippen LogP contribution in [0.4, 0.5) is 5.82 Å². The van der Waals surface area contributed by atoms with Crippen LogP contribution in [0, 0.1) is 0 Å². The fourth-order valence-electron chi connectivity index (χ4n) is 5.04. The maximum Gasteiger partial charge on any atom is 0.165 e. The molecule has 3 aromatic heterocycles. The maximum atomic E-state index is 5.71. The molecule has 4 aromatic rings. The maximum absolute atomic E-state index is 5.71. The molecular weight excluding hydrogens is 428 g/mol. The number of aromatic nitrogens is 6. The van der Waals surface area contributed by atoms with E-state index in [4.69, 9.17) is 14.7 Å². The molecule has 1 atom stereocenters. The molecule has 0 bridgehead atoms. The van der Waals surface area contributed by atoms with Gasteiger partial charge in [-0.05, 0) is 51.1 Å². The molecule has 0 unspecified atom stereocenters. The van der Waals surface area contributed by atoms with E-state index in [-0.39, 0.29) is 6.04 Å². The van der Waals surface area contributed by atoms with Crippen LogP contribution in [-0.2, 0) is 11.8 Å². The molecule has 1 N–H and O–H groups in total. The van der Waals surface area contributed by atoms with E-state index in [1.54, 1.807) is 0 Å². The SMILES string of the molecule is C[C@@H]1COCCN1c1nc(-c2cnn(C3CCNCC3)c2)nc2ccc(-c3ccnn3C)cc12. The van der Waals surface area contributed by atoms with Gasteiger partial charge in [0.1, 0.15) is 5.82 Å². The summed E-state index contributed by atoms with van der Waals surface area (Å²) >= 11 is 0. The van der Waals surface area contributed by atoms with Crippen LogP contribution in [0.2, 0.25) is 0 Å². The molecule has 9 nitrogen and oxygen atoms in total. The minimum atomic E-state index is 0.234. The highest BCUT2D eigenvalue weighted by Crippen LogP contribution is 2.33. The predicted octanol–water partition coefficient (Wildman–Crippen LogP) is 3.04. The van der Waals surface area contributed by atoms with E-state index < -0.39 is 0 Å². The molecule has 0 radical (unpaired) electrons. The van der Waals surface area contributed by atoms with Gasteiger partial charge in [0, 0.05) is 36.9 Å². The number of hydrogen-bond donors (Lipinski definition) is 1. The zero-order valence-electron chi connectivity index (χ0n) is 19.7. The van der Waals surface area contributed by atoms with Gasteiger partial charge >= 0.3 is 0 Å². The molecule has 0 saturated carbocycles. The van der Waals surface area contributed by atoms with Crippen LogP contribution in [0.25, 0.3) is 33.5 Å². The molecule has 2 saturated heterocycles. The Kier molecular flexibility index (Phi) is 5.50. The van der Waals surface area contributed by atoms with Gasteiger partial charge in [0.2, 0.25) is 0 Å². The van der Waals surface area contributed by atoms with Crippen molar-refractivity contribution in [3.05, 3.63) is 42.9 Å². The largest absolute Gasteiger partial charge is 0.377 e. The number of nitrogens with one attached hydrogen (secondary N) is 1. The second-order valence-electron chi connectivity index (χ2n) is 9.25. The number of hydrogen-bond acceptors (Lipinski definition) is 7. The number of fused-ring (bicyclic) bond motifs is 1. The first-order chi connectivity index (χ1) is 16.7. The number of anilines is 1. The van der Waals surface area contributed by atoms with E-state index in [9.17, 15) is 0 Å². The zero-order chi connectivity index (χ0) is 23.1. The van der Waals surface area contributed by atoms with Gasteiger partial charge in [0.05, 0.1) is 48.3 Å². The van der Waals surface area contributed by atoms with Crippen molar-refractivity contribution in [2.45, 2.75) is 31.8 Å². The molecule has 34 heavy (non-hydrogen) atoms. The highest BCUT2D eigenvalue weighted by atomic mass is 16.5. The van der Waals surface area contributed by atoms with Crippen LogP contribution in [0.5, 0.6) is 0 Å². The summed E-state index contributed by atoms with van der Waals surface area (Å²) in [5.74, 6) is 1.67. The van der Waals surface area contributed by atoms with Gasteiger partial charge in [0.25, 0.3) is 0 Å². The average molecular weight is 459 g/mol. The lowest BCUT2D eigenvalue weighted by Gasteiger charge is -2.35. The molecular formula is C25H30N8O. The number of ether oxygens (including phenoxy) is 1. The third kappa shape index (κ3) is 3.84. The Bertz CT molecular complexity index is 1310. The Hall–Kier alpha value is -3.30. The van der Waals surface area contributed by atoms with Gasteiger partial charge in [-0.3, -0.25) is 9.36 Å². The number of aryl methyl sites for hydroxylation is 1. The van der Waals surface area contributed by atoms with Gasteiger partial charge < -0.3 is 15.0 Å². The van der Waals surface area contributed by atoms with Gasteiger partial charge in [-0.15, -0.1) is 0 Å². The monoisotopic (exact) mass is 458 g/mol. The first kappa shape index (κ1) is 21.2. The molecule has 2 fully saturated rings. The van der Waals surface area contributed by atoms with E-state index in [1.165, 1.54) is 0 Å². The summed E-state index contributed by atoms with van der Waals surface area (Å²) in [7, 11) is 1.96. The highest BCUT2D eigenvalue weighted by molar-refractivity contribution is 5.94. The lowest BCUT2D eigenvalue weighted by molar-refractivity contribution is 0.0987. The van der Waals surface area contributed by atoms with Gasteiger partial charge in [-0.1, -0.05) is 6.07 Å². The van der Waals surface area contributed by atoms with Crippen molar-refractivity contribution < 1.29 is 4.74 Å². The average Bonchev–Trinajstić information content (AvgIpc) is 3.54. The van der Waals surface area contributed by atoms with Crippen molar-refractivity contribution in [2.24, 2.45) is 7.05 Å². The Morgan fingerprint density at radius 2 is 1.94 bits per heavy atom. The van der Waals surface area contributed by atoms with E-state index in [0.717, 1.165) is 71.8 Å². The predicted molar refractivity (Wildman–Crippen MR) is 132 cm³/mol.